The zero-order valence-electron chi connectivity index (χ0n) is 11.3. The molecule has 0 N–H and O–H groups in total. The number of hydrogen-bond donors (Lipinski definition) is 0. The first kappa shape index (κ1) is 16.7. The monoisotopic (exact) mass is 397 g/mol. The number of hydrogen-bond acceptors (Lipinski definition) is 3. The second-order valence-corrected chi connectivity index (χ2v) is 8.44. The molecule has 0 aromatic heterocycles. The fourth-order valence-corrected chi connectivity index (χ4v) is 3.57. The number of carbonyl (C=O) groups is 1. The molecule has 1 aliphatic carbocycles. The highest BCUT2D eigenvalue weighted by Crippen LogP contribution is 2.31. The van der Waals surface area contributed by atoms with E-state index in [1.807, 2.05) is 0 Å². The van der Waals surface area contributed by atoms with Gasteiger partial charge in [-0.2, -0.15) is 0 Å². The van der Waals surface area contributed by atoms with Crippen molar-refractivity contribution in [1.29, 1.82) is 0 Å². The lowest BCUT2D eigenvalue weighted by Gasteiger charge is -2.21. The van der Waals surface area contributed by atoms with Crippen molar-refractivity contribution in [3.05, 3.63) is 28.0 Å². The van der Waals surface area contributed by atoms with Gasteiger partial charge in [0.2, 0.25) is 0 Å². The van der Waals surface area contributed by atoms with Crippen LogP contribution >= 0.6 is 26.6 Å². The Morgan fingerprint density at radius 3 is 2.57 bits per heavy atom. The first-order valence-corrected chi connectivity index (χ1v) is 9.57. The van der Waals surface area contributed by atoms with E-state index in [2.05, 4.69) is 15.9 Å². The maximum Gasteiger partial charge on any atom is 0.264 e. The van der Waals surface area contributed by atoms with Crippen LogP contribution in [0.2, 0.25) is 0 Å². The average molecular weight is 399 g/mol. The third-order valence-corrected chi connectivity index (χ3v) is 5.12. The summed E-state index contributed by atoms with van der Waals surface area (Å²) >= 11 is 3.08. The van der Waals surface area contributed by atoms with E-state index in [1.54, 1.807) is 6.92 Å². The lowest BCUT2D eigenvalue weighted by atomic mass is 10.1. The molecule has 0 heterocycles. The Balaban J connectivity index is 2.42. The van der Waals surface area contributed by atoms with Crippen LogP contribution in [0.15, 0.2) is 21.5 Å². The minimum Gasteiger partial charge on any atom is -0.339 e. The van der Waals surface area contributed by atoms with E-state index in [-0.39, 0.29) is 10.0 Å². The Labute approximate surface area is 135 Å². The summed E-state index contributed by atoms with van der Waals surface area (Å²) in [5, 5.41) is 0. The van der Waals surface area contributed by atoms with Gasteiger partial charge in [-0.1, -0.05) is 15.9 Å². The summed E-state index contributed by atoms with van der Waals surface area (Å²) in [6.07, 6.45) is 2.12. The molecular formula is C13H14BrClFNO3S. The van der Waals surface area contributed by atoms with Gasteiger partial charge in [0.25, 0.3) is 15.0 Å². The summed E-state index contributed by atoms with van der Waals surface area (Å²) in [5.74, 6) is -1.17. The molecular weight excluding hydrogens is 385 g/mol. The van der Waals surface area contributed by atoms with E-state index in [9.17, 15) is 17.6 Å². The molecule has 0 unspecified atom stereocenters. The van der Waals surface area contributed by atoms with Crippen molar-refractivity contribution >= 4 is 41.6 Å². The topological polar surface area (TPSA) is 54.5 Å². The molecule has 0 saturated heterocycles. The maximum atomic E-state index is 14.3. The Bertz CT molecular complexity index is 676. The number of halogens is 3. The summed E-state index contributed by atoms with van der Waals surface area (Å²) in [6.45, 7) is 2.80. The molecule has 8 heteroatoms. The Hall–Kier alpha value is -0.660. The van der Waals surface area contributed by atoms with E-state index in [0.717, 1.165) is 18.9 Å². The van der Waals surface area contributed by atoms with Crippen LogP contribution in [0.5, 0.6) is 0 Å². The molecule has 1 aromatic rings. The third-order valence-electron chi connectivity index (χ3n) is 3.34. The van der Waals surface area contributed by atoms with Crippen LogP contribution in [0.1, 0.15) is 30.1 Å². The van der Waals surface area contributed by atoms with Gasteiger partial charge in [-0.05, 0) is 37.8 Å². The van der Waals surface area contributed by atoms with Crippen molar-refractivity contribution in [3.8, 4) is 0 Å². The molecule has 4 nitrogen and oxygen atoms in total. The van der Waals surface area contributed by atoms with Crippen molar-refractivity contribution in [3.63, 3.8) is 0 Å². The molecule has 1 amide bonds. The van der Waals surface area contributed by atoms with E-state index >= 15 is 0 Å². The van der Waals surface area contributed by atoms with Gasteiger partial charge in [0.15, 0.2) is 5.82 Å². The second kappa shape index (κ2) is 6.22. The van der Waals surface area contributed by atoms with Gasteiger partial charge in [-0.15, -0.1) is 0 Å². The van der Waals surface area contributed by atoms with Crippen molar-refractivity contribution in [2.24, 2.45) is 5.92 Å². The molecule has 21 heavy (non-hydrogen) atoms. The quantitative estimate of drug-likeness (QED) is 0.714. The molecule has 1 fully saturated rings. The maximum absolute atomic E-state index is 14.3. The second-order valence-electron chi connectivity index (χ2n) is 4.99. The number of rotatable bonds is 5. The Morgan fingerprint density at radius 2 is 2.10 bits per heavy atom. The molecule has 0 radical (unpaired) electrons. The summed E-state index contributed by atoms with van der Waals surface area (Å²) in [6, 6.07) is 2.32. The van der Waals surface area contributed by atoms with Gasteiger partial charge in [-0.25, -0.2) is 12.8 Å². The lowest BCUT2D eigenvalue weighted by molar-refractivity contribution is 0.0751. The standard InChI is InChI=1S/C13H14BrClFNO3S/c1-2-17(7-8-3-4-8)13(18)10-5-9(14)6-11(12(10)16)21(15,19)20/h5-6,8H,2-4,7H2,1H3. The van der Waals surface area contributed by atoms with Crippen molar-refractivity contribution in [2.75, 3.05) is 13.1 Å². The largest absolute Gasteiger partial charge is 0.339 e. The molecule has 0 aliphatic heterocycles. The number of carbonyl (C=O) groups excluding carboxylic acids is 1. The molecule has 116 valence electrons. The Morgan fingerprint density at radius 1 is 1.48 bits per heavy atom. The number of amides is 1. The van der Waals surface area contributed by atoms with Crippen LogP contribution in [0.25, 0.3) is 0 Å². The van der Waals surface area contributed by atoms with Crippen molar-refractivity contribution < 1.29 is 17.6 Å². The van der Waals surface area contributed by atoms with E-state index in [1.165, 1.54) is 11.0 Å². The Kier molecular flexibility index (Phi) is 4.95. The predicted molar refractivity (Wildman–Crippen MR) is 81.4 cm³/mol. The van der Waals surface area contributed by atoms with Crippen LogP contribution in [0, 0.1) is 11.7 Å². The van der Waals surface area contributed by atoms with Gasteiger partial charge in [0.05, 0.1) is 5.56 Å². The summed E-state index contributed by atoms with van der Waals surface area (Å²) in [5.41, 5.74) is -0.286. The SMILES string of the molecule is CCN(CC1CC1)C(=O)c1cc(Br)cc(S(=O)(=O)Cl)c1F. The first-order valence-electron chi connectivity index (χ1n) is 6.47. The highest BCUT2D eigenvalue weighted by Gasteiger charge is 2.29. The molecule has 0 atom stereocenters. The molecule has 1 aromatic carbocycles. The molecule has 1 saturated carbocycles. The van der Waals surface area contributed by atoms with E-state index < -0.39 is 25.7 Å². The van der Waals surface area contributed by atoms with E-state index in [4.69, 9.17) is 10.7 Å². The van der Waals surface area contributed by atoms with E-state index in [0.29, 0.717) is 19.0 Å². The predicted octanol–water partition coefficient (Wildman–Crippen LogP) is 3.39. The molecule has 0 spiro atoms. The van der Waals surface area contributed by atoms with Crippen LogP contribution in [0.4, 0.5) is 4.39 Å². The zero-order chi connectivity index (χ0) is 15.8. The number of benzene rings is 1. The van der Waals surface area contributed by atoms with Crippen LogP contribution in [0.3, 0.4) is 0 Å². The highest BCUT2D eigenvalue weighted by molar-refractivity contribution is 9.10. The summed E-state index contributed by atoms with van der Waals surface area (Å²) in [7, 11) is 0.948. The van der Waals surface area contributed by atoms with Crippen molar-refractivity contribution in [2.45, 2.75) is 24.7 Å². The lowest BCUT2D eigenvalue weighted by Crippen LogP contribution is -2.33. The van der Waals surface area contributed by atoms with Gasteiger partial charge >= 0.3 is 0 Å². The molecule has 2 rings (SSSR count). The molecule has 0 bridgehead atoms. The average Bonchev–Trinajstić information content (AvgIpc) is 3.20. The van der Waals surface area contributed by atoms with Gasteiger partial charge < -0.3 is 4.90 Å². The first-order chi connectivity index (χ1) is 9.74. The van der Waals surface area contributed by atoms with Crippen LogP contribution < -0.4 is 0 Å². The summed E-state index contributed by atoms with van der Waals surface area (Å²) in [4.78, 5) is 13.2. The fraction of sp³-hybridized carbons (Fsp3) is 0.462. The molecule has 1 aliphatic rings. The fourth-order valence-electron chi connectivity index (χ4n) is 2.04. The van der Waals surface area contributed by atoms with Crippen LogP contribution in [-0.2, 0) is 9.05 Å². The van der Waals surface area contributed by atoms with Crippen LogP contribution in [-0.4, -0.2) is 32.3 Å². The van der Waals surface area contributed by atoms with Gasteiger partial charge in [-0.3, -0.25) is 4.79 Å². The normalized spacial score (nSPS) is 15.0. The third kappa shape index (κ3) is 3.96. The van der Waals surface area contributed by atoms with Gasteiger partial charge in [0, 0.05) is 28.2 Å². The minimum absolute atomic E-state index is 0.286. The summed E-state index contributed by atoms with van der Waals surface area (Å²) < 4.78 is 37.4. The minimum atomic E-state index is -4.26. The number of nitrogens with zero attached hydrogens (tertiary/aromatic N) is 1. The zero-order valence-corrected chi connectivity index (χ0v) is 14.4. The highest BCUT2D eigenvalue weighted by atomic mass is 79.9. The van der Waals surface area contributed by atoms with Crippen molar-refractivity contribution in [1.82, 2.24) is 4.90 Å². The smallest absolute Gasteiger partial charge is 0.264 e. The van der Waals surface area contributed by atoms with Gasteiger partial charge in [0.1, 0.15) is 4.90 Å².